The Bertz CT molecular complexity index is 3110. The Morgan fingerprint density at radius 2 is 0.961 bits per heavy atom. The van der Waals surface area contributed by atoms with Crippen molar-refractivity contribution in [2.75, 3.05) is 0 Å². The van der Waals surface area contributed by atoms with Gasteiger partial charge in [0.05, 0.1) is 27.8 Å². The van der Waals surface area contributed by atoms with Crippen LogP contribution in [0.2, 0.25) is 0 Å². The Kier molecular flexibility index (Phi) is 5.89. The summed E-state index contributed by atoms with van der Waals surface area (Å²) in [6, 6.07) is 58.1. The van der Waals surface area contributed by atoms with E-state index in [0.29, 0.717) is 5.58 Å². The molecule has 0 fully saturated rings. The summed E-state index contributed by atoms with van der Waals surface area (Å²) in [5.41, 5.74) is 13.2. The summed E-state index contributed by atoms with van der Waals surface area (Å²) in [6.07, 6.45) is 1.64. The summed E-state index contributed by atoms with van der Waals surface area (Å²) in [5, 5.41) is 5.91. The fourth-order valence-corrected chi connectivity index (χ4v) is 8.10. The van der Waals surface area contributed by atoms with Gasteiger partial charge < -0.3 is 13.6 Å². The van der Waals surface area contributed by atoms with Crippen LogP contribution in [0, 0.1) is 0 Å². The molecule has 0 atom stereocenters. The van der Waals surface area contributed by atoms with Crippen molar-refractivity contribution in [1.29, 1.82) is 0 Å². The molecule has 4 aromatic heterocycles. The smallest absolute Gasteiger partial charge is 0.180 e. The Morgan fingerprint density at radius 3 is 1.71 bits per heavy atom. The minimum absolute atomic E-state index is 0.693. The standard InChI is InChI=1S/C46H28N4O/c1-2-18-35(44-46-45(48-28-47-44)36-19-7-12-24-43(36)51-46)30(13-1)31-14-3-10-22-40(31)50-41-23-11-6-17-34(41)37-27-29(25-26-42(37)50)49-38-20-8-4-15-32(38)33-16-5-9-21-39(33)49/h1-28H. The van der Waals surface area contributed by atoms with E-state index in [4.69, 9.17) is 9.40 Å². The molecule has 11 aromatic rings. The minimum Gasteiger partial charge on any atom is -0.452 e. The van der Waals surface area contributed by atoms with Crippen LogP contribution in [0.15, 0.2) is 175 Å². The molecule has 0 unspecified atom stereocenters. The highest BCUT2D eigenvalue weighted by Crippen LogP contribution is 2.42. The summed E-state index contributed by atoms with van der Waals surface area (Å²) in [6.45, 7) is 0. The third-order valence-electron chi connectivity index (χ3n) is 10.3. The number of rotatable bonds is 4. The largest absolute Gasteiger partial charge is 0.452 e. The molecule has 0 saturated heterocycles. The number of hydrogen-bond acceptors (Lipinski definition) is 3. The van der Waals surface area contributed by atoms with Gasteiger partial charge in [0.15, 0.2) is 5.58 Å². The van der Waals surface area contributed by atoms with E-state index in [2.05, 4.69) is 154 Å². The number of fused-ring (bicyclic) bond motifs is 9. The number of benzene rings is 7. The van der Waals surface area contributed by atoms with Crippen LogP contribution >= 0.6 is 0 Å². The van der Waals surface area contributed by atoms with E-state index in [1.165, 1.54) is 32.6 Å². The predicted octanol–water partition coefficient (Wildman–Crippen LogP) is 11.9. The van der Waals surface area contributed by atoms with E-state index in [-0.39, 0.29) is 0 Å². The van der Waals surface area contributed by atoms with Crippen molar-refractivity contribution in [2.24, 2.45) is 0 Å². The number of nitrogens with zero attached hydrogens (tertiary/aromatic N) is 4. The van der Waals surface area contributed by atoms with Crippen molar-refractivity contribution >= 4 is 65.7 Å². The van der Waals surface area contributed by atoms with Gasteiger partial charge in [-0.05, 0) is 60.2 Å². The molecule has 0 aliphatic carbocycles. The summed E-state index contributed by atoms with van der Waals surface area (Å²) in [5.74, 6) is 0. The molecule has 0 saturated carbocycles. The molecule has 4 heterocycles. The molecule has 0 radical (unpaired) electrons. The average Bonchev–Trinajstić information content (AvgIpc) is 3.85. The maximum absolute atomic E-state index is 6.41. The van der Waals surface area contributed by atoms with Crippen molar-refractivity contribution in [1.82, 2.24) is 19.1 Å². The highest BCUT2D eigenvalue weighted by atomic mass is 16.3. The van der Waals surface area contributed by atoms with E-state index in [1.54, 1.807) is 6.33 Å². The lowest BCUT2D eigenvalue weighted by molar-refractivity contribution is 0.667. The SMILES string of the molecule is c1ccc(-c2ncnc3c2oc2ccccc23)c(-c2ccccc2-n2c3ccccc3c3cc(-n4c5ccccc5c5ccccc54)ccc32)c1. The van der Waals surface area contributed by atoms with Gasteiger partial charge in [-0.15, -0.1) is 0 Å². The number of para-hydroxylation sites is 5. The second-order valence-corrected chi connectivity index (χ2v) is 13.0. The molecule has 51 heavy (non-hydrogen) atoms. The van der Waals surface area contributed by atoms with E-state index in [9.17, 15) is 0 Å². The van der Waals surface area contributed by atoms with E-state index >= 15 is 0 Å². The first kappa shape index (κ1) is 27.9. The lowest BCUT2D eigenvalue weighted by Crippen LogP contribution is -1.99. The molecule has 0 aliphatic heterocycles. The molecule has 0 amide bonds. The monoisotopic (exact) mass is 652 g/mol. The topological polar surface area (TPSA) is 48.8 Å². The van der Waals surface area contributed by atoms with Gasteiger partial charge in [-0.25, -0.2) is 9.97 Å². The Labute approximate surface area is 292 Å². The zero-order chi connectivity index (χ0) is 33.5. The first-order chi connectivity index (χ1) is 25.3. The van der Waals surface area contributed by atoms with Gasteiger partial charge >= 0.3 is 0 Å². The zero-order valence-electron chi connectivity index (χ0n) is 27.4. The summed E-state index contributed by atoms with van der Waals surface area (Å²) in [7, 11) is 0. The first-order valence-corrected chi connectivity index (χ1v) is 17.2. The second kappa shape index (κ2) is 10.8. The van der Waals surface area contributed by atoms with E-state index in [1.807, 2.05) is 24.3 Å². The molecule has 0 spiro atoms. The molecule has 238 valence electrons. The molecule has 11 rings (SSSR count). The maximum Gasteiger partial charge on any atom is 0.180 e. The second-order valence-electron chi connectivity index (χ2n) is 13.0. The van der Waals surface area contributed by atoms with Gasteiger partial charge in [0.2, 0.25) is 0 Å². The fourth-order valence-electron chi connectivity index (χ4n) is 8.10. The van der Waals surface area contributed by atoms with Gasteiger partial charge in [-0.2, -0.15) is 0 Å². The molecular weight excluding hydrogens is 625 g/mol. The molecule has 5 nitrogen and oxygen atoms in total. The Balaban J connectivity index is 1.15. The highest BCUT2D eigenvalue weighted by molar-refractivity contribution is 6.13. The quantitative estimate of drug-likeness (QED) is 0.190. The number of hydrogen-bond donors (Lipinski definition) is 0. The fraction of sp³-hybridized carbons (Fsp3) is 0. The molecular formula is C46H28N4O. The van der Waals surface area contributed by atoms with E-state index < -0.39 is 0 Å². The molecule has 5 heteroatoms. The highest BCUT2D eigenvalue weighted by Gasteiger charge is 2.21. The lowest BCUT2D eigenvalue weighted by atomic mass is 9.95. The van der Waals surface area contributed by atoms with Crippen molar-refractivity contribution in [3.63, 3.8) is 0 Å². The molecule has 0 aliphatic rings. The van der Waals surface area contributed by atoms with Crippen LogP contribution in [-0.4, -0.2) is 19.1 Å². The first-order valence-electron chi connectivity index (χ1n) is 17.2. The van der Waals surface area contributed by atoms with Crippen LogP contribution in [0.25, 0.3) is 99.4 Å². The van der Waals surface area contributed by atoms with Crippen molar-refractivity contribution < 1.29 is 4.42 Å². The van der Waals surface area contributed by atoms with Crippen LogP contribution < -0.4 is 0 Å². The zero-order valence-corrected chi connectivity index (χ0v) is 27.4. The summed E-state index contributed by atoms with van der Waals surface area (Å²) < 4.78 is 11.2. The van der Waals surface area contributed by atoms with Crippen molar-refractivity contribution in [3.05, 3.63) is 170 Å². The summed E-state index contributed by atoms with van der Waals surface area (Å²) in [4.78, 5) is 9.45. The van der Waals surface area contributed by atoms with Crippen molar-refractivity contribution in [3.8, 4) is 33.8 Å². The maximum atomic E-state index is 6.41. The van der Waals surface area contributed by atoms with Crippen molar-refractivity contribution in [2.45, 2.75) is 0 Å². The molecule has 7 aromatic carbocycles. The molecule has 0 N–H and O–H groups in total. The van der Waals surface area contributed by atoms with E-state index in [0.717, 1.165) is 61.3 Å². The van der Waals surface area contributed by atoms with Gasteiger partial charge in [-0.3, -0.25) is 0 Å². The normalized spacial score (nSPS) is 11.9. The predicted molar refractivity (Wildman–Crippen MR) is 209 cm³/mol. The van der Waals surface area contributed by atoms with Gasteiger partial charge in [0.25, 0.3) is 0 Å². The van der Waals surface area contributed by atoms with Crippen LogP contribution in [0.3, 0.4) is 0 Å². The van der Waals surface area contributed by atoms with Gasteiger partial charge in [0.1, 0.15) is 23.1 Å². The third kappa shape index (κ3) is 4.03. The lowest BCUT2D eigenvalue weighted by Gasteiger charge is -2.17. The Hall–Kier alpha value is -6.98. The van der Waals surface area contributed by atoms with Crippen LogP contribution in [-0.2, 0) is 0 Å². The van der Waals surface area contributed by atoms with Crippen LogP contribution in [0.4, 0.5) is 0 Å². The minimum atomic E-state index is 0.693. The molecule has 0 bridgehead atoms. The number of aromatic nitrogens is 4. The number of furan rings is 1. The van der Waals surface area contributed by atoms with Gasteiger partial charge in [0, 0.05) is 43.7 Å². The average molecular weight is 653 g/mol. The Morgan fingerprint density at radius 1 is 0.412 bits per heavy atom. The van der Waals surface area contributed by atoms with Gasteiger partial charge in [-0.1, -0.05) is 109 Å². The van der Waals surface area contributed by atoms with Crippen LogP contribution in [0.1, 0.15) is 0 Å². The third-order valence-corrected chi connectivity index (χ3v) is 10.3. The van der Waals surface area contributed by atoms with Crippen LogP contribution in [0.5, 0.6) is 0 Å². The summed E-state index contributed by atoms with van der Waals surface area (Å²) >= 11 is 0.